The van der Waals surface area contributed by atoms with Crippen molar-refractivity contribution in [2.24, 2.45) is 5.92 Å². The minimum atomic E-state index is -0.191. The monoisotopic (exact) mass is 314 g/mol. The molecule has 124 valence electrons. The van der Waals surface area contributed by atoms with Crippen LogP contribution in [0.15, 0.2) is 18.2 Å². The third-order valence-corrected chi connectivity index (χ3v) is 5.20. The van der Waals surface area contributed by atoms with Crippen molar-refractivity contribution in [1.82, 2.24) is 4.90 Å². The highest BCUT2D eigenvalue weighted by atomic mass is 16.2. The number of benzene rings is 1. The van der Waals surface area contributed by atoms with Crippen LogP contribution in [0.4, 0.5) is 5.69 Å². The second kappa shape index (κ2) is 6.34. The quantitative estimate of drug-likeness (QED) is 0.842. The second-order valence-electron chi connectivity index (χ2n) is 7.07. The molecular formula is C19H26N2O2. The molecule has 3 rings (SSSR count). The van der Waals surface area contributed by atoms with Crippen LogP contribution in [-0.2, 0) is 9.59 Å². The second-order valence-corrected chi connectivity index (χ2v) is 7.07. The van der Waals surface area contributed by atoms with Crippen LogP contribution in [0.3, 0.4) is 0 Å². The van der Waals surface area contributed by atoms with Crippen molar-refractivity contribution in [3.8, 4) is 0 Å². The summed E-state index contributed by atoms with van der Waals surface area (Å²) >= 11 is 0. The van der Waals surface area contributed by atoms with Gasteiger partial charge in [0.15, 0.2) is 0 Å². The van der Waals surface area contributed by atoms with Gasteiger partial charge in [-0.3, -0.25) is 9.59 Å². The van der Waals surface area contributed by atoms with Crippen molar-refractivity contribution in [3.05, 3.63) is 29.3 Å². The lowest BCUT2D eigenvalue weighted by molar-refractivity contribution is -0.139. The zero-order valence-electron chi connectivity index (χ0n) is 14.3. The lowest BCUT2D eigenvalue weighted by Gasteiger charge is -2.35. The predicted molar refractivity (Wildman–Crippen MR) is 91.4 cm³/mol. The van der Waals surface area contributed by atoms with Crippen LogP contribution in [-0.4, -0.2) is 35.8 Å². The molecule has 0 bridgehead atoms. The zero-order valence-corrected chi connectivity index (χ0v) is 14.3. The van der Waals surface area contributed by atoms with Crippen LogP contribution >= 0.6 is 0 Å². The van der Waals surface area contributed by atoms with E-state index in [1.807, 2.05) is 30.9 Å². The molecule has 2 amide bonds. The smallest absolute Gasteiger partial charge is 0.228 e. The maximum absolute atomic E-state index is 12.8. The molecule has 0 saturated carbocycles. The van der Waals surface area contributed by atoms with Gasteiger partial charge in [-0.05, 0) is 51.7 Å². The number of amides is 2. The van der Waals surface area contributed by atoms with Gasteiger partial charge in [0.1, 0.15) is 0 Å². The Hall–Kier alpha value is -1.84. The summed E-state index contributed by atoms with van der Waals surface area (Å²) in [6.45, 7) is 7.55. The first-order chi connectivity index (χ1) is 11.0. The fraction of sp³-hybridized carbons (Fsp3) is 0.579. The van der Waals surface area contributed by atoms with E-state index >= 15 is 0 Å². The fourth-order valence-corrected chi connectivity index (χ4v) is 3.87. The highest BCUT2D eigenvalue weighted by Gasteiger charge is 2.39. The summed E-state index contributed by atoms with van der Waals surface area (Å²) in [7, 11) is 0. The van der Waals surface area contributed by atoms with Crippen molar-refractivity contribution in [3.63, 3.8) is 0 Å². The van der Waals surface area contributed by atoms with Crippen LogP contribution in [0.25, 0.3) is 0 Å². The van der Waals surface area contributed by atoms with Gasteiger partial charge in [-0.2, -0.15) is 0 Å². The molecule has 4 heteroatoms. The molecule has 0 aromatic heterocycles. The molecule has 0 spiro atoms. The number of rotatable bonds is 2. The fourth-order valence-electron chi connectivity index (χ4n) is 3.87. The van der Waals surface area contributed by atoms with E-state index in [-0.39, 0.29) is 17.7 Å². The number of likely N-dealkylation sites (tertiary alicyclic amines) is 1. The summed E-state index contributed by atoms with van der Waals surface area (Å²) in [4.78, 5) is 29.1. The number of hydrogen-bond donors (Lipinski definition) is 0. The molecule has 1 aromatic carbocycles. The Morgan fingerprint density at radius 1 is 1.22 bits per heavy atom. The van der Waals surface area contributed by atoms with Gasteiger partial charge in [-0.25, -0.2) is 0 Å². The van der Waals surface area contributed by atoms with Crippen molar-refractivity contribution < 1.29 is 9.59 Å². The number of anilines is 1. The molecule has 2 atom stereocenters. The molecule has 2 saturated heterocycles. The van der Waals surface area contributed by atoms with E-state index in [0.717, 1.165) is 30.6 Å². The van der Waals surface area contributed by atoms with E-state index in [1.54, 1.807) is 4.90 Å². The van der Waals surface area contributed by atoms with E-state index in [1.165, 1.54) is 12.0 Å². The molecule has 0 N–H and O–H groups in total. The summed E-state index contributed by atoms with van der Waals surface area (Å²) < 4.78 is 0. The van der Waals surface area contributed by atoms with E-state index in [4.69, 9.17) is 0 Å². The van der Waals surface area contributed by atoms with E-state index < -0.39 is 0 Å². The molecule has 4 nitrogen and oxygen atoms in total. The molecule has 2 aliphatic heterocycles. The molecule has 23 heavy (non-hydrogen) atoms. The molecule has 0 radical (unpaired) electrons. The highest BCUT2D eigenvalue weighted by Crippen LogP contribution is 2.30. The largest absolute Gasteiger partial charge is 0.340 e. The minimum Gasteiger partial charge on any atom is -0.340 e. The third kappa shape index (κ3) is 3.12. The summed E-state index contributed by atoms with van der Waals surface area (Å²) in [5, 5.41) is 0. The SMILES string of the molecule is Cc1ccc(N2C[C@@H](C(=O)N3CCCC[C@@H]3C)CC2=O)c(C)c1. The van der Waals surface area contributed by atoms with Gasteiger partial charge in [0.05, 0.1) is 5.92 Å². The maximum Gasteiger partial charge on any atom is 0.228 e. The van der Waals surface area contributed by atoms with Gasteiger partial charge in [-0.15, -0.1) is 0 Å². The molecule has 2 fully saturated rings. The van der Waals surface area contributed by atoms with Gasteiger partial charge in [0, 0.05) is 31.2 Å². The van der Waals surface area contributed by atoms with Gasteiger partial charge in [0.25, 0.3) is 0 Å². The Balaban J connectivity index is 1.75. The summed E-state index contributed by atoms with van der Waals surface area (Å²) in [5.41, 5.74) is 3.23. The average Bonchev–Trinajstić information content (AvgIpc) is 2.89. The minimum absolute atomic E-state index is 0.0694. The standard InChI is InChI=1S/C19H26N2O2/c1-13-7-8-17(14(2)10-13)21-12-16(11-18(21)22)19(23)20-9-5-4-6-15(20)3/h7-8,10,15-16H,4-6,9,11-12H2,1-3H3/t15-,16-/m0/s1. The van der Waals surface area contributed by atoms with Gasteiger partial charge in [-0.1, -0.05) is 17.7 Å². The Labute approximate surface area is 138 Å². The Bertz CT molecular complexity index is 626. The summed E-state index contributed by atoms with van der Waals surface area (Å²) in [5.74, 6) is 0.0431. The number of piperidine rings is 1. The van der Waals surface area contributed by atoms with E-state index in [2.05, 4.69) is 13.0 Å². The van der Waals surface area contributed by atoms with Gasteiger partial charge >= 0.3 is 0 Å². The number of carbonyl (C=O) groups excluding carboxylic acids is 2. The zero-order chi connectivity index (χ0) is 16.6. The normalized spacial score (nSPS) is 25.1. The number of nitrogens with zero attached hydrogens (tertiary/aromatic N) is 2. The van der Waals surface area contributed by atoms with Crippen molar-refractivity contribution in [1.29, 1.82) is 0 Å². The summed E-state index contributed by atoms with van der Waals surface area (Å²) in [6, 6.07) is 6.42. The Morgan fingerprint density at radius 2 is 2.00 bits per heavy atom. The predicted octanol–water partition coefficient (Wildman–Crippen LogP) is 3.06. The Kier molecular flexibility index (Phi) is 4.42. The summed E-state index contributed by atoms with van der Waals surface area (Å²) in [6.07, 6.45) is 3.70. The van der Waals surface area contributed by atoms with Crippen LogP contribution in [0.2, 0.25) is 0 Å². The first kappa shape index (κ1) is 16.0. The number of hydrogen-bond acceptors (Lipinski definition) is 2. The van der Waals surface area contributed by atoms with Gasteiger partial charge < -0.3 is 9.80 Å². The first-order valence-electron chi connectivity index (χ1n) is 8.65. The lowest BCUT2D eigenvalue weighted by atomic mass is 9.99. The van der Waals surface area contributed by atoms with Crippen molar-refractivity contribution in [2.75, 3.05) is 18.0 Å². The molecule has 2 heterocycles. The van der Waals surface area contributed by atoms with E-state index in [0.29, 0.717) is 19.0 Å². The van der Waals surface area contributed by atoms with Crippen LogP contribution < -0.4 is 4.90 Å². The molecule has 0 unspecified atom stereocenters. The third-order valence-electron chi connectivity index (χ3n) is 5.20. The topological polar surface area (TPSA) is 40.6 Å². The van der Waals surface area contributed by atoms with E-state index in [9.17, 15) is 9.59 Å². The lowest BCUT2D eigenvalue weighted by Crippen LogP contribution is -2.45. The molecule has 2 aliphatic rings. The first-order valence-corrected chi connectivity index (χ1v) is 8.65. The van der Waals surface area contributed by atoms with Crippen molar-refractivity contribution in [2.45, 2.75) is 52.5 Å². The number of carbonyl (C=O) groups is 2. The number of aryl methyl sites for hydroxylation is 2. The average molecular weight is 314 g/mol. The molecular weight excluding hydrogens is 288 g/mol. The molecule has 1 aromatic rings. The molecule has 0 aliphatic carbocycles. The highest BCUT2D eigenvalue weighted by molar-refractivity contribution is 6.00. The van der Waals surface area contributed by atoms with Crippen LogP contribution in [0.1, 0.15) is 43.7 Å². The van der Waals surface area contributed by atoms with Crippen molar-refractivity contribution >= 4 is 17.5 Å². The van der Waals surface area contributed by atoms with Crippen LogP contribution in [0, 0.1) is 19.8 Å². The van der Waals surface area contributed by atoms with Crippen LogP contribution in [0.5, 0.6) is 0 Å². The maximum atomic E-state index is 12.8. The Morgan fingerprint density at radius 3 is 2.70 bits per heavy atom. The van der Waals surface area contributed by atoms with Gasteiger partial charge in [0.2, 0.25) is 11.8 Å².